The SMILES string of the molecule is C[C@@H]1CCCN(SC2CCNC2)C1. The highest BCUT2D eigenvalue weighted by Crippen LogP contribution is 2.27. The number of piperidine rings is 1. The molecule has 2 aliphatic rings. The van der Waals surface area contributed by atoms with E-state index in [9.17, 15) is 0 Å². The van der Waals surface area contributed by atoms with Crippen LogP contribution in [0.5, 0.6) is 0 Å². The molecule has 3 heteroatoms. The zero-order chi connectivity index (χ0) is 9.10. The lowest BCUT2D eigenvalue weighted by Gasteiger charge is -2.31. The molecule has 0 aromatic carbocycles. The fraction of sp³-hybridized carbons (Fsp3) is 1.00. The first-order valence-electron chi connectivity index (χ1n) is 5.47. The lowest BCUT2D eigenvalue weighted by atomic mass is 10.0. The van der Waals surface area contributed by atoms with Crippen LogP contribution >= 0.6 is 11.9 Å². The van der Waals surface area contributed by atoms with Crippen LogP contribution in [0.1, 0.15) is 26.2 Å². The van der Waals surface area contributed by atoms with Gasteiger partial charge in [-0.1, -0.05) is 18.9 Å². The molecule has 1 N–H and O–H groups in total. The molecule has 0 bridgehead atoms. The van der Waals surface area contributed by atoms with Crippen LogP contribution in [0.4, 0.5) is 0 Å². The number of nitrogens with one attached hydrogen (secondary N) is 1. The highest BCUT2D eigenvalue weighted by Gasteiger charge is 2.22. The summed E-state index contributed by atoms with van der Waals surface area (Å²) in [6, 6.07) is 0. The summed E-state index contributed by atoms with van der Waals surface area (Å²) in [6.07, 6.45) is 4.18. The van der Waals surface area contributed by atoms with Crippen molar-refractivity contribution >= 4 is 11.9 Å². The van der Waals surface area contributed by atoms with Crippen LogP contribution in [0.2, 0.25) is 0 Å². The standard InChI is InChI=1S/C10H20N2S/c1-9-3-2-6-12(8-9)13-10-4-5-11-7-10/h9-11H,2-8H2,1H3/t9-,10?/m1/s1. The van der Waals surface area contributed by atoms with Crippen LogP contribution in [-0.2, 0) is 0 Å². The monoisotopic (exact) mass is 200 g/mol. The summed E-state index contributed by atoms with van der Waals surface area (Å²) in [5, 5.41) is 4.28. The molecule has 2 nitrogen and oxygen atoms in total. The van der Waals surface area contributed by atoms with E-state index >= 15 is 0 Å². The van der Waals surface area contributed by atoms with Gasteiger partial charge in [-0.2, -0.15) is 0 Å². The van der Waals surface area contributed by atoms with Gasteiger partial charge in [0.25, 0.3) is 0 Å². The molecule has 2 heterocycles. The Morgan fingerprint density at radius 1 is 1.38 bits per heavy atom. The van der Waals surface area contributed by atoms with Crippen LogP contribution < -0.4 is 5.32 Å². The molecule has 0 saturated carbocycles. The second kappa shape index (κ2) is 4.67. The molecular weight excluding hydrogens is 180 g/mol. The van der Waals surface area contributed by atoms with Crippen LogP contribution in [0, 0.1) is 5.92 Å². The fourth-order valence-electron chi connectivity index (χ4n) is 2.17. The summed E-state index contributed by atoms with van der Waals surface area (Å²) >= 11 is 2.10. The summed E-state index contributed by atoms with van der Waals surface area (Å²) in [6.45, 7) is 7.43. The average molecular weight is 200 g/mol. The minimum Gasteiger partial charge on any atom is -0.316 e. The topological polar surface area (TPSA) is 15.3 Å². The maximum absolute atomic E-state index is 3.43. The molecule has 0 aliphatic carbocycles. The van der Waals surface area contributed by atoms with Gasteiger partial charge in [0.15, 0.2) is 0 Å². The van der Waals surface area contributed by atoms with Crippen LogP contribution in [0.3, 0.4) is 0 Å². The minimum atomic E-state index is 0.852. The predicted octanol–water partition coefficient (Wildman–Crippen LogP) is 1.73. The first-order valence-corrected chi connectivity index (χ1v) is 6.30. The Morgan fingerprint density at radius 2 is 2.31 bits per heavy atom. The number of nitrogens with zero attached hydrogens (tertiary/aromatic N) is 1. The van der Waals surface area contributed by atoms with E-state index in [-0.39, 0.29) is 0 Å². The largest absolute Gasteiger partial charge is 0.316 e. The molecular formula is C10H20N2S. The van der Waals surface area contributed by atoms with E-state index in [0.717, 1.165) is 11.2 Å². The first kappa shape index (κ1) is 9.81. The second-order valence-corrected chi connectivity index (χ2v) is 5.75. The lowest BCUT2D eigenvalue weighted by Crippen LogP contribution is -2.31. The van der Waals surface area contributed by atoms with E-state index < -0.39 is 0 Å². The molecule has 2 rings (SSSR count). The van der Waals surface area contributed by atoms with Crippen molar-refractivity contribution in [1.82, 2.24) is 9.62 Å². The van der Waals surface area contributed by atoms with Crippen LogP contribution in [-0.4, -0.2) is 35.7 Å². The Kier molecular flexibility index (Phi) is 3.52. The summed E-state index contributed by atoms with van der Waals surface area (Å²) in [5.41, 5.74) is 0. The minimum absolute atomic E-state index is 0.852. The second-order valence-electron chi connectivity index (χ2n) is 4.36. The summed E-state index contributed by atoms with van der Waals surface area (Å²) in [5.74, 6) is 0.913. The Balaban J connectivity index is 1.73. The quantitative estimate of drug-likeness (QED) is 0.683. The maximum atomic E-state index is 3.43. The molecule has 2 saturated heterocycles. The van der Waals surface area contributed by atoms with Gasteiger partial charge in [-0.25, -0.2) is 0 Å². The molecule has 0 aromatic rings. The summed E-state index contributed by atoms with van der Waals surface area (Å²) < 4.78 is 2.59. The Bertz CT molecular complexity index is 157. The van der Waals surface area contributed by atoms with Gasteiger partial charge in [-0.05, 0) is 31.7 Å². The molecule has 13 heavy (non-hydrogen) atoms. The van der Waals surface area contributed by atoms with Gasteiger partial charge in [-0.15, -0.1) is 0 Å². The third-order valence-electron chi connectivity index (χ3n) is 2.93. The van der Waals surface area contributed by atoms with E-state index in [1.807, 2.05) is 0 Å². The van der Waals surface area contributed by atoms with Gasteiger partial charge in [-0.3, -0.25) is 4.31 Å². The highest BCUT2D eigenvalue weighted by molar-refractivity contribution is 7.97. The van der Waals surface area contributed by atoms with E-state index in [1.165, 1.54) is 45.4 Å². The Morgan fingerprint density at radius 3 is 3.00 bits per heavy atom. The molecule has 0 aromatic heterocycles. The van der Waals surface area contributed by atoms with Crippen molar-refractivity contribution in [2.75, 3.05) is 26.2 Å². The molecule has 0 radical (unpaired) electrons. The van der Waals surface area contributed by atoms with Crippen LogP contribution in [0.15, 0.2) is 0 Å². The third-order valence-corrected chi connectivity index (χ3v) is 4.26. The Labute approximate surface area is 85.6 Å². The van der Waals surface area contributed by atoms with Gasteiger partial charge in [0.1, 0.15) is 0 Å². The fourth-order valence-corrected chi connectivity index (χ4v) is 3.58. The zero-order valence-electron chi connectivity index (χ0n) is 8.46. The van der Waals surface area contributed by atoms with Gasteiger partial charge < -0.3 is 5.32 Å². The van der Waals surface area contributed by atoms with Crippen molar-refractivity contribution in [1.29, 1.82) is 0 Å². The highest BCUT2D eigenvalue weighted by atomic mass is 32.2. The van der Waals surface area contributed by atoms with Crippen molar-refractivity contribution in [3.63, 3.8) is 0 Å². The van der Waals surface area contributed by atoms with Gasteiger partial charge in [0.2, 0.25) is 0 Å². The molecule has 2 atom stereocenters. The molecule has 1 unspecified atom stereocenters. The van der Waals surface area contributed by atoms with Gasteiger partial charge in [0, 0.05) is 24.9 Å². The lowest BCUT2D eigenvalue weighted by molar-refractivity contribution is 0.301. The van der Waals surface area contributed by atoms with Crippen molar-refractivity contribution in [2.45, 2.75) is 31.4 Å². The molecule has 2 aliphatic heterocycles. The number of hydrogen-bond acceptors (Lipinski definition) is 3. The summed E-state index contributed by atoms with van der Waals surface area (Å²) in [4.78, 5) is 0. The van der Waals surface area contributed by atoms with Crippen molar-refractivity contribution in [3.8, 4) is 0 Å². The summed E-state index contributed by atoms with van der Waals surface area (Å²) in [7, 11) is 0. The molecule has 0 spiro atoms. The van der Waals surface area contributed by atoms with Gasteiger partial charge >= 0.3 is 0 Å². The van der Waals surface area contributed by atoms with Crippen molar-refractivity contribution < 1.29 is 0 Å². The zero-order valence-corrected chi connectivity index (χ0v) is 9.28. The smallest absolute Gasteiger partial charge is 0.0332 e. The molecule has 76 valence electrons. The van der Waals surface area contributed by atoms with E-state index in [2.05, 4.69) is 28.5 Å². The number of rotatable bonds is 2. The number of hydrogen-bond donors (Lipinski definition) is 1. The van der Waals surface area contributed by atoms with E-state index in [1.54, 1.807) is 0 Å². The predicted molar refractivity (Wildman–Crippen MR) is 58.8 cm³/mol. The van der Waals surface area contributed by atoms with Crippen LogP contribution in [0.25, 0.3) is 0 Å². The van der Waals surface area contributed by atoms with E-state index in [4.69, 9.17) is 0 Å². The van der Waals surface area contributed by atoms with E-state index in [0.29, 0.717) is 0 Å². The molecule has 2 fully saturated rings. The molecule has 0 amide bonds. The van der Waals surface area contributed by atoms with Gasteiger partial charge in [0.05, 0.1) is 0 Å². The maximum Gasteiger partial charge on any atom is 0.0332 e. The van der Waals surface area contributed by atoms with Crippen molar-refractivity contribution in [3.05, 3.63) is 0 Å². The van der Waals surface area contributed by atoms with Crippen molar-refractivity contribution in [2.24, 2.45) is 5.92 Å². The average Bonchev–Trinajstić information content (AvgIpc) is 2.57. The normalized spacial score (nSPS) is 36.7. The Hall–Kier alpha value is 0.270. The first-order chi connectivity index (χ1) is 6.34. The third kappa shape index (κ3) is 2.86.